The average Bonchev–Trinajstić information content (AvgIpc) is 3.14. The first kappa shape index (κ1) is 21.3. The van der Waals surface area contributed by atoms with Crippen LogP contribution in [0.15, 0.2) is 54.6 Å². The Morgan fingerprint density at radius 1 is 1.20 bits per heavy atom. The number of nitrogens with zero attached hydrogens (tertiary/aromatic N) is 1. The molecule has 30 heavy (non-hydrogen) atoms. The molecule has 0 spiro atoms. The summed E-state index contributed by atoms with van der Waals surface area (Å²) in [6, 6.07) is 14.3. The Balaban J connectivity index is 1.88. The molecule has 0 fully saturated rings. The minimum atomic E-state index is -0.735. The molecule has 0 aliphatic heterocycles. The third-order valence-corrected chi connectivity index (χ3v) is 5.22. The van der Waals surface area contributed by atoms with Gasteiger partial charge in [0.2, 0.25) is 0 Å². The minimum Gasteiger partial charge on any atom is -0.462 e. The van der Waals surface area contributed by atoms with Gasteiger partial charge in [0.05, 0.1) is 23.2 Å². The standard InChI is InChI=1S/C20H16FN3O4S2/c1-2-28-19(25)14-11-17(12-6-4-3-5-7-12)30-18(14)23-20(29)22-15-9-8-13(21)10-16(15)24(26)27/h3-11H,2H2,1H3,(H2,22,23,29). The van der Waals surface area contributed by atoms with E-state index in [4.69, 9.17) is 17.0 Å². The summed E-state index contributed by atoms with van der Waals surface area (Å²) in [6.07, 6.45) is 0. The molecule has 3 rings (SSSR count). The maximum absolute atomic E-state index is 13.3. The van der Waals surface area contributed by atoms with Crippen LogP contribution in [0.5, 0.6) is 0 Å². The van der Waals surface area contributed by atoms with E-state index in [0.717, 1.165) is 22.6 Å². The summed E-state index contributed by atoms with van der Waals surface area (Å²) in [4.78, 5) is 23.7. The molecule has 0 bridgehead atoms. The molecule has 10 heteroatoms. The van der Waals surface area contributed by atoms with Crippen molar-refractivity contribution >= 4 is 51.0 Å². The number of benzene rings is 2. The number of esters is 1. The van der Waals surface area contributed by atoms with Crippen LogP contribution >= 0.6 is 23.6 Å². The fourth-order valence-corrected chi connectivity index (χ4v) is 3.94. The van der Waals surface area contributed by atoms with Crippen molar-refractivity contribution < 1.29 is 18.8 Å². The van der Waals surface area contributed by atoms with Crippen molar-refractivity contribution in [3.05, 3.63) is 76.1 Å². The van der Waals surface area contributed by atoms with Crippen LogP contribution in [-0.4, -0.2) is 22.6 Å². The number of ether oxygens (including phenoxy) is 1. The van der Waals surface area contributed by atoms with E-state index < -0.39 is 22.4 Å². The van der Waals surface area contributed by atoms with E-state index in [1.807, 2.05) is 30.3 Å². The van der Waals surface area contributed by atoms with Gasteiger partial charge in [0.15, 0.2) is 5.11 Å². The van der Waals surface area contributed by atoms with Crippen LogP contribution < -0.4 is 10.6 Å². The third kappa shape index (κ3) is 4.97. The fraction of sp³-hybridized carbons (Fsp3) is 0.100. The largest absolute Gasteiger partial charge is 0.462 e. The number of nitrogens with one attached hydrogen (secondary N) is 2. The Bertz CT molecular complexity index is 1100. The van der Waals surface area contributed by atoms with Crippen LogP contribution in [0, 0.1) is 15.9 Å². The van der Waals surface area contributed by atoms with Gasteiger partial charge in [-0.1, -0.05) is 30.3 Å². The second-order valence-corrected chi connectivity index (χ2v) is 7.40. The maximum Gasteiger partial charge on any atom is 0.341 e. The molecule has 0 aliphatic carbocycles. The van der Waals surface area contributed by atoms with Crippen molar-refractivity contribution in [1.82, 2.24) is 0 Å². The van der Waals surface area contributed by atoms with Crippen molar-refractivity contribution in [2.75, 3.05) is 17.2 Å². The first-order chi connectivity index (χ1) is 14.4. The number of carbonyl (C=O) groups excluding carboxylic acids is 1. The SMILES string of the molecule is CCOC(=O)c1cc(-c2ccccc2)sc1NC(=S)Nc1ccc(F)cc1[N+](=O)[O-]. The highest BCUT2D eigenvalue weighted by Gasteiger charge is 2.20. The zero-order chi connectivity index (χ0) is 21.7. The molecule has 2 aromatic carbocycles. The number of nitro benzene ring substituents is 1. The van der Waals surface area contributed by atoms with E-state index in [1.54, 1.807) is 13.0 Å². The predicted molar refractivity (Wildman–Crippen MR) is 119 cm³/mol. The smallest absolute Gasteiger partial charge is 0.341 e. The highest BCUT2D eigenvalue weighted by atomic mass is 32.1. The van der Waals surface area contributed by atoms with E-state index >= 15 is 0 Å². The quantitative estimate of drug-likeness (QED) is 0.226. The summed E-state index contributed by atoms with van der Waals surface area (Å²) >= 11 is 6.54. The van der Waals surface area contributed by atoms with Crippen molar-refractivity contribution in [2.45, 2.75) is 6.92 Å². The van der Waals surface area contributed by atoms with Gasteiger partial charge in [-0.15, -0.1) is 11.3 Å². The van der Waals surface area contributed by atoms with Crippen LogP contribution in [-0.2, 0) is 4.74 Å². The molecule has 3 aromatic rings. The second kappa shape index (κ2) is 9.42. The average molecular weight is 445 g/mol. The Labute approximate surface area is 180 Å². The molecule has 0 atom stereocenters. The minimum absolute atomic E-state index is 0.0109. The van der Waals surface area contributed by atoms with E-state index in [2.05, 4.69) is 10.6 Å². The van der Waals surface area contributed by atoms with Gasteiger partial charge >= 0.3 is 5.97 Å². The molecule has 0 amide bonds. The van der Waals surface area contributed by atoms with Crippen molar-refractivity contribution in [3.63, 3.8) is 0 Å². The highest BCUT2D eigenvalue weighted by molar-refractivity contribution is 7.80. The van der Waals surface area contributed by atoms with E-state index in [0.29, 0.717) is 10.6 Å². The molecule has 0 radical (unpaired) electrons. The van der Waals surface area contributed by atoms with Crippen molar-refractivity contribution in [3.8, 4) is 10.4 Å². The first-order valence-corrected chi connectivity index (χ1v) is 9.99. The summed E-state index contributed by atoms with van der Waals surface area (Å²) < 4.78 is 18.5. The molecule has 2 N–H and O–H groups in total. The van der Waals surface area contributed by atoms with Crippen LogP contribution in [0.1, 0.15) is 17.3 Å². The molecule has 7 nitrogen and oxygen atoms in total. The number of rotatable bonds is 6. The van der Waals surface area contributed by atoms with Crippen molar-refractivity contribution in [1.29, 1.82) is 0 Å². The van der Waals surface area contributed by atoms with Crippen LogP contribution in [0.25, 0.3) is 10.4 Å². The monoisotopic (exact) mass is 445 g/mol. The van der Waals surface area contributed by atoms with Gasteiger partial charge in [-0.2, -0.15) is 0 Å². The van der Waals surface area contributed by atoms with E-state index in [-0.39, 0.29) is 17.4 Å². The molecular formula is C20H16FN3O4S2. The molecule has 1 heterocycles. The lowest BCUT2D eigenvalue weighted by Gasteiger charge is -2.11. The Hall–Kier alpha value is -3.37. The predicted octanol–water partition coefficient (Wildman–Crippen LogP) is 5.45. The van der Waals surface area contributed by atoms with Crippen LogP contribution in [0.3, 0.4) is 0 Å². The van der Waals surface area contributed by atoms with Gasteiger partial charge < -0.3 is 15.4 Å². The third-order valence-electron chi connectivity index (χ3n) is 3.92. The van der Waals surface area contributed by atoms with Gasteiger partial charge in [-0.05, 0) is 42.9 Å². The summed E-state index contributed by atoms with van der Waals surface area (Å²) in [6.45, 7) is 1.91. The Morgan fingerprint density at radius 3 is 2.60 bits per heavy atom. The Kier molecular flexibility index (Phi) is 6.70. The lowest BCUT2D eigenvalue weighted by Crippen LogP contribution is -2.20. The lowest BCUT2D eigenvalue weighted by molar-refractivity contribution is -0.384. The number of thiophene rings is 1. The maximum atomic E-state index is 13.3. The van der Waals surface area contributed by atoms with Crippen LogP contribution in [0.4, 0.5) is 20.8 Å². The Morgan fingerprint density at radius 2 is 1.93 bits per heavy atom. The van der Waals surface area contributed by atoms with Gasteiger partial charge in [-0.25, -0.2) is 9.18 Å². The van der Waals surface area contributed by atoms with Crippen LogP contribution in [0.2, 0.25) is 0 Å². The number of hydrogen-bond donors (Lipinski definition) is 2. The number of carbonyl (C=O) groups is 1. The molecule has 1 aromatic heterocycles. The number of halogens is 1. The number of thiocarbonyl (C=S) groups is 1. The summed E-state index contributed by atoms with van der Waals surface area (Å²) in [5.74, 6) is -1.25. The molecular weight excluding hydrogens is 429 g/mol. The zero-order valence-electron chi connectivity index (χ0n) is 15.7. The lowest BCUT2D eigenvalue weighted by atomic mass is 10.1. The number of nitro groups is 1. The van der Waals surface area contributed by atoms with Crippen molar-refractivity contribution in [2.24, 2.45) is 0 Å². The highest BCUT2D eigenvalue weighted by Crippen LogP contribution is 2.36. The fourth-order valence-electron chi connectivity index (χ4n) is 2.61. The summed E-state index contributed by atoms with van der Waals surface area (Å²) in [7, 11) is 0. The van der Waals surface area contributed by atoms with Gasteiger partial charge in [0, 0.05) is 4.88 Å². The van der Waals surface area contributed by atoms with E-state index in [1.165, 1.54) is 17.4 Å². The number of anilines is 2. The van der Waals surface area contributed by atoms with Gasteiger partial charge in [0.25, 0.3) is 5.69 Å². The molecule has 0 saturated heterocycles. The van der Waals surface area contributed by atoms with Gasteiger partial charge in [0.1, 0.15) is 16.5 Å². The molecule has 0 aliphatic rings. The summed E-state index contributed by atoms with van der Waals surface area (Å²) in [5.41, 5.74) is 0.768. The van der Waals surface area contributed by atoms with Gasteiger partial charge in [-0.3, -0.25) is 10.1 Å². The molecule has 154 valence electrons. The number of hydrogen-bond acceptors (Lipinski definition) is 6. The second-order valence-electron chi connectivity index (χ2n) is 5.94. The first-order valence-electron chi connectivity index (χ1n) is 8.77. The molecule has 0 saturated carbocycles. The summed E-state index contributed by atoms with van der Waals surface area (Å²) in [5, 5.41) is 17.2. The molecule has 0 unspecified atom stereocenters. The normalized spacial score (nSPS) is 10.3. The van der Waals surface area contributed by atoms with E-state index in [9.17, 15) is 19.3 Å². The zero-order valence-corrected chi connectivity index (χ0v) is 17.3. The topological polar surface area (TPSA) is 93.5 Å².